The van der Waals surface area contributed by atoms with E-state index in [0.717, 1.165) is 39.6 Å². The van der Waals surface area contributed by atoms with Gasteiger partial charge in [-0.3, -0.25) is 9.59 Å². The molecule has 1 saturated carbocycles. The van der Waals surface area contributed by atoms with E-state index in [1.54, 1.807) is 23.1 Å². The van der Waals surface area contributed by atoms with Gasteiger partial charge < -0.3 is 10.4 Å². The predicted molar refractivity (Wildman–Crippen MR) is 102 cm³/mol. The van der Waals surface area contributed by atoms with Crippen molar-refractivity contribution in [1.82, 2.24) is 4.98 Å². The highest BCUT2D eigenvalue weighted by Crippen LogP contribution is 2.33. The highest BCUT2D eigenvalue weighted by molar-refractivity contribution is 8.01. The van der Waals surface area contributed by atoms with Crippen LogP contribution in [0.4, 0.5) is 5.69 Å². The second-order valence-electron chi connectivity index (χ2n) is 6.34. The minimum absolute atomic E-state index is 0.184. The molecule has 7 heteroatoms. The van der Waals surface area contributed by atoms with Crippen LogP contribution in [0.1, 0.15) is 39.0 Å². The molecule has 2 atom stereocenters. The normalized spacial score (nSPS) is 20.5. The first kappa shape index (κ1) is 18.2. The summed E-state index contributed by atoms with van der Waals surface area (Å²) in [5.74, 6) is -1.02. The predicted octanol–water partition coefficient (Wildman–Crippen LogP) is 4.63. The van der Waals surface area contributed by atoms with Gasteiger partial charge in [0, 0.05) is 11.4 Å². The number of carbonyl (C=O) groups is 2. The third kappa shape index (κ3) is 4.33. The molecular weight excluding hydrogens is 356 g/mol. The van der Waals surface area contributed by atoms with Crippen LogP contribution in [0.2, 0.25) is 0 Å². The molecule has 1 amide bonds. The maximum atomic E-state index is 12.6. The molecule has 0 radical (unpaired) electrons. The number of benzene rings is 1. The number of aliphatic carboxylic acids is 1. The van der Waals surface area contributed by atoms with E-state index in [1.165, 1.54) is 0 Å². The van der Waals surface area contributed by atoms with Crippen molar-refractivity contribution in [2.45, 2.75) is 43.4 Å². The Morgan fingerprint density at radius 2 is 2.08 bits per heavy atom. The van der Waals surface area contributed by atoms with Gasteiger partial charge in [-0.2, -0.15) is 0 Å². The number of nitrogens with one attached hydrogen (secondary N) is 1. The van der Waals surface area contributed by atoms with Crippen LogP contribution in [0.15, 0.2) is 22.5 Å². The molecule has 5 nitrogen and oxygen atoms in total. The van der Waals surface area contributed by atoms with Crippen molar-refractivity contribution in [3.63, 3.8) is 0 Å². The number of fused-ring (bicyclic) bond motifs is 1. The van der Waals surface area contributed by atoms with Crippen molar-refractivity contribution in [3.8, 4) is 0 Å². The van der Waals surface area contributed by atoms with Crippen LogP contribution in [0.25, 0.3) is 10.2 Å². The first-order valence-corrected chi connectivity index (χ1v) is 10.5. The molecule has 134 valence electrons. The van der Waals surface area contributed by atoms with Crippen LogP contribution in [0.3, 0.4) is 0 Å². The zero-order valence-corrected chi connectivity index (χ0v) is 15.8. The van der Waals surface area contributed by atoms with Gasteiger partial charge in [0.2, 0.25) is 5.91 Å². The summed E-state index contributed by atoms with van der Waals surface area (Å²) in [4.78, 5) is 28.6. The summed E-state index contributed by atoms with van der Waals surface area (Å²) >= 11 is 3.37. The summed E-state index contributed by atoms with van der Waals surface area (Å²) in [6, 6.07) is 5.68. The number of hydrogen-bond acceptors (Lipinski definition) is 5. The Morgan fingerprint density at radius 1 is 1.32 bits per heavy atom. The van der Waals surface area contributed by atoms with Gasteiger partial charge in [0.15, 0.2) is 4.34 Å². The smallest absolute Gasteiger partial charge is 0.307 e. The number of hydrogen-bond donors (Lipinski definition) is 2. The monoisotopic (exact) mass is 378 g/mol. The summed E-state index contributed by atoms with van der Waals surface area (Å²) in [6.07, 6.45) is 4.12. The largest absolute Gasteiger partial charge is 0.481 e. The van der Waals surface area contributed by atoms with Crippen molar-refractivity contribution < 1.29 is 14.7 Å². The Bertz CT molecular complexity index is 775. The average Bonchev–Trinajstić information content (AvgIpc) is 3.02. The number of thiazole rings is 1. The Hall–Kier alpha value is -1.60. The third-order valence-corrected chi connectivity index (χ3v) is 6.85. The fourth-order valence-corrected chi connectivity index (χ4v) is 5.24. The second kappa shape index (κ2) is 8.19. The first-order chi connectivity index (χ1) is 12.1. The van der Waals surface area contributed by atoms with Crippen LogP contribution in [0, 0.1) is 11.8 Å². The average molecular weight is 379 g/mol. The lowest BCUT2D eigenvalue weighted by Crippen LogP contribution is -2.36. The van der Waals surface area contributed by atoms with Gasteiger partial charge in [-0.1, -0.05) is 31.5 Å². The minimum Gasteiger partial charge on any atom is -0.481 e. The number of carboxylic acids is 1. The van der Waals surface area contributed by atoms with E-state index in [9.17, 15) is 14.7 Å². The summed E-state index contributed by atoms with van der Waals surface area (Å²) in [5.41, 5.74) is 1.64. The van der Waals surface area contributed by atoms with E-state index in [-0.39, 0.29) is 5.91 Å². The zero-order valence-electron chi connectivity index (χ0n) is 14.2. The number of anilines is 1. The molecule has 1 aliphatic rings. The lowest BCUT2D eigenvalue weighted by Gasteiger charge is -2.27. The fourth-order valence-electron chi connectivity index (χ4n) is 3.21. The van der Waals surface area contributed by atoms with Crippen molar-refractivity contribution in [2.24, 2.45) is 11.8 Å². The van der Waals surface area contributed by atoms with E-state index >= 15 is 0 Å². The lowest BCUT2D eigenvalue weighted by molar-refractivity contribution is -0.147. The second-order valence-corrected chi connectivity index (χ2v) is 8.71. The number of thioether (sulfide) groups is 1. The molecule has 2 aromatic rings. The van der Waals surface area contributed by atoms with E-state index < -0.39 is 17.8 Å². The highest BCUT2D eigenvalue weighted by atomic mass is 32.2. The van der Waals surface area contributed by atoms with Crippen LogP contribution in [-0.2, 0) is 9.59 Å². The summed E-state index contributed by atoms with van der Waals surface area (Å²) < 4.78 is 2.08. The SMILES string of the molecule is CCCSc1nc2ccc(NC(=O)[C@H]3CCCC[C@H]3C(=O)O)cc2s1. The van der Waals surface area contributed by atoms with Crippen LogP contribution >= 0.6 is 23.1 Å². The standard InChI is InChI=1S/C18H22N2O3S2/c1-2-9-24-18-20-14-8-7-11(10-15(14)25-18)19-16(21)12-5-3-4-6-13(12)17(22)23/h7-8,10,12-13H,2-6,9H2,1H3,(H,19,21)(H,22,23)/t12-,13+/m0/s1. The van der Waals surface area contributed by atoms with Gasteiger partial charge in [0.1, 0.15) is 0 Å². The quantitative estimate of drug-likeness (QED) is 0.717. The number of rotatable bonds is 6. The molecule has 0 unspecified atom stereocenters. The molecule has 0 bridgehead atoms. The van der Waals surface area contributed by atoms with Crippen LogP contribution in [0.5, 0.6) is 0 Å². The zero-order chi connectivity index (χ0) is 17.8. The molecule has 1 aromatic heterocycles. The molecule has 1 fully saturated rings. The Labute approximate surface area is 155 Å². The van der Waals surface area contributed by atoms with E-state index in [0.29, 0.717) is 18.5 Å². The van der Waals surface area contributed by atoms with Gasteiger partial charge in [-0.05, 0) is 37.5 Å². The van der Waals surface area contributed by atoms with Crippen molar-refractivity contribution in [1.29, 1.82) is 0 Å². The summed E-state index contributed by atoms with van der Waals surface area (Å²) in [6.45, 7) is 2.14. The lowest BCUT2D eigenvalue weighted by atomic mass is 9.78. The van der Waals surface area contributed by atoms with Gasteiger partial charge >= 0.3 is 5.97 Å². The Kier molecular flexibility index (Phi) is 5.96. The fraction of sp³-hybridized carbons (Fsp3) is 0.500. The Morgan fingerprint density at radius 3 is 2.80 bits per heavy atom. The molecule has 0 saturated heterocycles. The maximum absolute atomic E-state index is 12.6. The Balaban J connectivity index is 1.73. The molecular formula is C18H22N2O3S2. The number of nitrogens with zero attached hydrogens (tertiary/aromatic N) is 1. The van der Waals surface area contributed by atoms with E-state index in [2.05, 4.69) is 17.2 Å². The summed E-state index contributed by atoms with van der Waals surface area (Å²) in [5, 5.41) is 12.3. The maximum Gasteiger partial charge on any atom is 0.307 e. The van der Waals surface area contributed by atoms with Crippen LogP contribution < -0.4 is 5.32 Å². The first-order valence-electron chi connectivity index (χ1n) is 8.65. The molecule has 3 rings (SSSR count). The van der Waals surface area contributed by atoms with Crippen molar-refractivity contribution in [3.05, 3.63) is 18.2 Å². The highest BCUT2D eigenvalue weighted by Gasteiger charge is 2.35. The van der Waals surface area contributed by atoms with E-state index in [4.69, 9.17) is 0 Å². The number of amides is 1. The van der Waals surface area contributed by atoms with Gasteiger partial charge in [0.05, 0.1) is 22.1 Å². The van der Waals surface area contributed by atoms with Gasteiger partial charge in [0.25, 0.3) is 0 Å². The molecule has 1 heterocycles. The molecule has 1 aliphatic carbocycles. The number of aromatic nitrogens is 1. The van der Waals surface area contributed by atoms with Gasteiger partial charge in [-0.25, -0.2) is 4.98 Å². The minimum atomic E-state index is -0.865. The molecule has 0 spiro atoms. The van der Waals surface area contributed by atoms with Crippen molar-refractivity contribution >= 4 is 50.9 Å². The van der Waals surface area contributed by atoms with Gasteiger partial charge in [-0.15, -0.1) is 11.3 Å². The van der Waals surface area contributed by atoms with E-state index in [1.807, 2.05) is 18.2 Å². The van der Waals surface area contributed by atoms with Crippen molar-refractivity contribution in [2.75, 3.05) is 11.1 Å². The topological polar surface area (TPSA) is 79.3 Å². The molecule has 1 aromatic carbocycles. The molecule has 2 N–H and O–H groups in total. The third-order valence-electron chi connectivity index (χ3n) is 4.49. The molecule has 0 aliphatic heterocycles. The number of carboxylic acid groups (broad SMARTS) is 1. The van der Waals surface area contributed by atoms with Crippen LogP contribution in [-0.4, -0.2) is 27.7 Å². The number of carbonyl (C=O) groups excluding carboxylic acids is 1. The summed E-state index contributed by atoms with van der Waals surface area (Å²) in [7, 11) is 0. The molecule has 25 heavy (non-hydrogen) atoms.